The molecule has 1 fully saturated rings. The van der Waals surface area contributed by atoms with Crippen molar-refractivity contribution in [2.75, 3.05) is 31.1 Å². The average molecular weight is 327 g/mol. The average Bonchev–Trinajstić information content (AvgIpc) is 2.96. The predicted molar refractivity (Wildman–Crippen MR) is 78.8 cm³/mol. The van der Waals surface area contributed by atoms with Crippen molar-refractivity contribution in [1.82, 2.24) is 35.5 Å². The van der Waals surface area contributed by atoms with E-state index in [0.717, 1.165) is 31.0 Å². The summed E-state index contributed by atoms with van der Waals surface area (Å²) in [5, 5.41) is 23.4. The fraction of sp³-hybridized carbons (Fsp3) is 0.455. The van der Waals surface area contributed by atoms with Crippen LogP contribution in [0.4, 0.5) is 5.95 Å². The maximum atomic E-state index is 10.6. The molecule has 2 aromatic heterocycles. The molecule has 0 radical (unpaired) electrons. The van der Waals surface area contributed by atoms with Gasteiger partial charge in [-0.3, -0.25) is 4.79 Å². The Balaban J connectivity index is 0.00000176. The molecule has 1 saturated heterocycles. The molecule has 0 bridgehead atoms. The van der Waals surface area contributed by atoms with Gasteiger partial charge < -0.3 is 15.3 Å². The van der Waals surface area contributed by atoms with Crippen LogP contribution in [0.1, 0.15) is 0 Å². The Morgan fingerprint density at radius 1 is 1.27 bits per heavy atom. The maximum absolute atomic E-state index is 10.6. The van der Waals surface area contributed by atoms with Gasteiger partial charge in [-0.2, -0.15) is 4.80 Å². The fourth-order valence-corrected chi connectivity index (χ4v) is 2.01. The summed E-state index contributed by atoms with van der Waals surface area (Å²) in [7, 11) is 0. The molecule has 0 spiro atoms. The fourth-order valence-electron chi connectivity index (χ4n) is 2.01. The number of tetrazole rings is 1. The minimum atomic E-state index is -1.02. The summed E-state index contributed by atoms with van der Waals surface area (Å²) in [6.07, 6.45) is 3.24. The Morgan fingerprint density at radius 2 is 1.95 bits per heavy atom. The number of anilines is 1. The molecule has 1 aliphatic heterocycles. The number of halogens is 1. The van der Waals surface area contributed by atoms with Crippen LogP contribution in [-0.2, 0) is 11.3 Å². The van der Waals surface area contributed by atoms with Crippen molar-refractivity contribution >= 4 is 24.3 Å². The van der Waals surface area contributed by atoms with Gasteiger partial charge in [-0.05, 0) is 5.21 Å². The Morgan fingerprint density at radius 3 is 2.59 bits per heavy atom. The third-order valence-electron chi connectivity index (χ3n) is 3.03. The lowest BCUT2D eigenvalue weighted by molar-refractivity contribution is -0.138. The molecule has 1 aliphatic rings. The van der Waals surface area contributed by atoms with Gasteiger partial charge in [-0.25, -0.2) is 9.97 Å². The lowest BCUT2D eigenvalue weighted by atomic mass is 10.3. The number of nitrogens with one attached hydrogen (secondary N) is 1. The molecule has 0 aromatic carbocycles. The highest BCUT2D eigenvalue weighted by molar-refractivity contribution is 5.85. The van der Waals surface area contributed by atoms with Gasteiger partial charge in [-0.1, -0.05) is 0 Å². The molecule has 3 heterocycles. The number of aliphatic carboxylic acids is 1. The molecule has 0 aliphatic carbocycles. The number of carboxylic acids is 1. The minimum Gasteiger partial charge on any atom is -0.480 e. The Bertz CT molecular complexity index is 625. The van der Waals surface area contributed by atoms with E-state index >= 15 is 0 Å². The summed E-state index contributed by atoms with van der Waals surface area (Å²) in [5.74, 6) is -0.0504. The van der Waals surface area contributed by atoms with Gasteiger partial charge in [0.05, 0.1) is 5.56 Å². The van der Waals surface area contributed by atoms with Gasteiger partial charge in [0.25, 0.3) is 0 Å². The van der Waals surface area contributed by atoms with Crippen LogP contribution in [0.25, 0.3) is 11.4 Å². The summed E-state index contributed by atoms with van der Waals surface area (Å²) >= 11 is 0. The Kier molecular flexibility index (Phi) is 5.17. The third kappa shape index (κ3) is 3.65. The second-order valence-corrected chi connectivity index (χ2v) is 4.55. The summed E-state index contributed by atoms with van der Waals surface area (Å²) in [5.41, 5.74) is 0.602. The van der Waals surface area contributed by atoms with Gasteiger partial charge in [0.1, 0.15) is 0 Å². The van der Waals surface area contributed by atoms with Crippen molar-refractivity contribution in [3.8, 4) is 11.4 Å². The van der Waals surface area contributed by atoms with E-state index in [1.54, 1.807) is 12.4 Å². The van der Waals surface area contributed by atoms with E-state index in [1.165, 1.54) is 0 Å². The van der Waals surface area contributed by atoms with E-state index in [9.17, 15) is 4.79 Å². The van der Waals surface area contributed by atoms with Gasteiger partial charge in [0.15, 0.2) is 6.54 Å². The molecule has 22 heavy (non-hydrogen) atoms. The SMILES string of the molecule is Cl.O=C(O)Cn1nnc(-c2cnc(N3CCNCC3)nc2)n1. The molecule has 118 valence electrons. The van der Waals surface area contributed by atoms with E-state index in [-0.39, 0.29) is 19.0 Å². The highest BCUT2D eigenvalue weighted by Crippen LogP contribution is 2.14. The molecule has 10 nitrogen and oxygen atoms in total. The van der Waals surface area contributed by atoms with Crippen molar-refractivity contribution in [3.05, 3.63) is 12.4 Å². The number of aromatic nitrogens is 6. The summed E-state index contributed by atoms with van der Waals surface area (Å²) < 4.78 is 0. The van der Waals surface area contributed by atoms with E-state index in [2.05, 4.69) is 35.6 Å². The number of carboxylic acid groups (broad SMARTS) is 1. The van der Waals surface area contributed by atoms with Crippen molar-refractivity contribution in [1.29, 1.82) is 0 Å². The van der Waals surface area contributed by atoms with Gasteiger partial charge in [0.2, 0.25) is 11.8 Å². The maximum Gasteiger partial charge on any atom is 0.327 e. The number of hydrogen-bond acceptors (Lipinski definition) is 8. The number of nitrogens with zero attached hydrogens (tertiary/aromatic N) is 7. The molecule has 2 aromatic rings. The zero-order chi connectivity index (χ0) is 14.7. The van der Waals surface area contributed by atoms with Crippen molar-refractivity contribution in [2.45, 2.75) is 6.54 Å². The second-order valence-electron chi connectivity index (χ2n) is 4.55. The monoisotopic (exact) mass is 326 g/mol. The van der Waals surface area contributed by atoms with Crippen LogP contribution >= 0.6 is 12.4 Å². The Labute approximate surface area is 132 Å². The Hall–Kier alpha value is -2.33. The molecule has 0 saturated carbocycles. The first-order chi connectivity index (χ1) is 10.2. The van der Waals surface area contributed by atoms with Crippen LogP contribution < -0.4 is 10.2 Å². The van der Waals surface area contributed by atoms with Gasteiger partial charge >= 0.3 is 5.97 Å². The number of piperazine rings is 1. The molecule has 0 amide bonds. The minimum absolute atomic E-state index is 0. The molecule has 0 atom stereocenters. The van der Waals surface area contributed by atoms with E-state index in [0.29, 0.717) is 17.3 Å². The molecule has 3 rings (SSSR count). The quantitative estimate of drug-likeness (QED) is 0.731. The van der Waals surface area contributed by atoms with Gasteiger partial charge in [-0.15, -0.1) is 22.6 Å². The largest absolute Gasteiger partial charge is 0.480 e. The summed E-state index contributed by atoms with van der Waals surface area (Å²) in [6.45, 7) is 3.23. The highest BCUT2D eigenvalue weighted by Gasteiger charge is 2.14. The van der Waals surface area contributed by atoms with Crippen LogP contribution in [0.5, 0.6) is 0 Å². The van der Waals surface area contributed by atoms with Crippen molar-refractivity contribution in [3.63, 3.8) is 0 Å². The highest BCUT2D eigenvalue weighted by atomic mass is 35.5. The number of carbonyl (C=O) groups is 1. The van der Waals surface area contributed by atoms with Crippen LogP contribution in [0.3, 0.4) is 0 Å². The van der Waals surface area contributed by atoms with Crippen LogP contribution in [0, 0.1) is 0 Å². The van der Waals surface area contributed by atoms with Crippen LogP contribution in [-0.4, -0.2) is 67.4 Å². The van der Waals surface area contributed by atoms with Crippen LogP contribution in [0.15, 0.2) is 12.4 Å². The zero-order valence-corrected chi connectivity index (χ0v) is 12.4. The summed E-state index contributed by atoms with van der Waals surface area (Å²) in [6, 6.07) is 0. The molecular weight excluding hydrogens is 312 g/mol. The van der Waals surface area contributed by atoms with E-state index in [4.69, 9.17) is 5.11 Å². The zero-order valence-electron chi connectivity index (χ0n) is 11.6. The second kappa shape index (κ2) is 7.09. The third-order valence-corrected chi connectivity index (χ3v) is 3.03. The lowest BCUT2D eigenvalue weighted by Crippen LogP contribution is -2.44. The van der Waals surface area contributed by atoms with Crippen molar-refractivity contribution < 1.29 is 9.90 Å². The smallest absolute Gasteiger partial charge is 0.327 e. The lowest BCUT2D eigenvalue weighted by Gasteiger charge is -2.27. The standard InChI is InChI=1S/C11H14N8O2.ClH/c20-9(21)7-19-16-10(15-17-19)8-5-13-11(14-6-8)18-3-1-12-2-4-18;/h5-6,12H,1-4,7H2,(H,20,21);1H. The summed E-state index contributed by atoms with van der Waals surface area (Å²) in [4.78, 5) is 22.3. The van der Waals surface area contributed by atoms with Crippen molar-refractivity contribution in [2.24, 2.45) is 0 Å². The van der Waals surface area contributed by atoms with Crippen LogP contribution in [0.2, 0.25) is 0 Å². The first kappa shape index (κ1) is 16.0. The number of rotatable bonds is 4. The number of hydrogen-bond donors (Lipinski definition) is 2. The molecule has 2 N–H and O–H groups in total. The van der Waals surface area contributed by atoms with E-state index < -0.39 is 5.97 Å². The molecule has 11 heteroatoms. The first-order valence-electron chi connectivity index (χ1n) is 6.50. The predicted octanol–water partition coefficient (Wildman–Crippen LogP) is -0.954. The first-order valence-corrected chi connectivity index (χ1v) is 6.50. The van der Waals surface area contributed by atoms with Gasteiger partial charge in [0, 0.05) is 38.6 Å². The topological polar surface area (TPSA) is 122 Å². The molecule has 0 unspecified atom stereocenters. The molecular formula is C11H15ClN8O2. The van der Waals surface area contributed by atoms with E-state index in [1.807, 2.05) is 0 Å². The normalized spacial score (nSPS) is 14.5.